The third kappa shape index (κ3) is 7.58. The van der Waals surface area contributed by atoms with Crippen LogP contribution >= 0.6 is 0 Å². The quantitative estimate of drug-likeness (QED) is 0.733. The Hall–Kier alpha value is -1.86. The molecule has 1 aromatic rings. The fourth-order valence-corrected chi connectivity index (χ4v) is 2.84. The minimum atomic E-state index is -0.0708. The van der Waals surface area contributed by atoms with Crippen LogP contribution in [-0.4, -0.2) is 61.7 Å². The van der Waals surface area contributed by atoms with Crippen molar-refractivity contribution in [2.75, 3.05) is 61.9 Å². The van der Waals surface area contributed by atoms with Crippen LogP contribution in [0.5, 0.6) is 0 Å². The Morgan fingerprint density at radius 1 is 1.27 bits per heavy atom. The maximum Gasteiger partial charge on any atom is 0.239 e. The van der Waals surface area contributed by atoms with Crippen LogP contribution in [0.4, 0.5) is 17.3 Å². The molecule has 0 atom stereocenters. The van der Waals surface area contributed by atoms with E-state index in [1.54, 1.807) is 0 Å². The van der Waals surface area contributed by atoms with Gasteiger partial charge < -0.3 is 20.7 Å². The van der Waals surface area contributed by atoms with Crippen molar-refractivity contribution in [1.29, 1.82) is 0 Å². The number of aromatic nitrogens is 1. The first-order valence-corrected chi connectivity index (χ1v) is 9.74. The summed E-state index contributed by atoms with van der Waals surface area (Å²) in [5.41, 5.74) is 6.94. The van der Waals surface area contributed by atoms with Gasteiger partial charge in [0, 0.05) is 46.9 Å². The molecule has 1 aliphatic rings. The molecule has 0 aliphatic carbocycles. The van der Waals surface area contributed by atoms with E-state index in [-0.39, 0.29) is 8.76 Å². The molecule has 0 saturated carbocycles. The number of rotatable bonds is 8. The van der Waals surface area contributed by atoms with Gasteiger partial charge in [-0.3, -0.25) is 9.69 Å². The highest BCUT2D eigenvalue weighted by molar-refractivity contribution is 5.92. The number of ether oxygens (including phenoxy) is 1. The number of nitrogens with zero attached hydrogens (tertiary/aromatic N) is 3. The van der Waals surface area contributed by atoms with E-state index in [0.717, 1.165) is 44.7 Å². The molecule has 2 rings (SSSR count). The van der Waals surface area contributed by atoms with Gasteiger partial charge in [0.05, 0.1) is 19.8 Å². The van der Waals surface area contributed by atoms with Crippen LogP contribution in [0.2, 0.25) is 0 Å². The Morgan fingerprint density at radius 2 is 1.88 bits per heavy atom. The number of pyridine rings is 1. The van der Waals surface area contributed by atoms with E-state index < -0.39 is 0 Å². The van der Waals surface area contributed by atoms with E-state index in [2.05, 4.69) is 33.9 Å². The SMILES string of the molecule is CC.CCCN(CCC)c1cc(N)nc(NC(=O)CN2CCOCC2)c1.[HH].[HH]. The van der Waals surface area contributed by atoms with Gasteiger partial charge in [-0.15, -0.1) is 0 Å². The first-order chi connectivity index (χ1) is 12.6. The van der Waals surface area contributed by atoms with Gasteiger partial charge in [-0.1, -0.05) is 27.7 Å². The number of nitrogen functional groups attached to an aromatic ring is 1. The lowest BCUT2D eigenvalue weighted by Gasteiger charge is -2.26. The number of morpholine rings is 1. The third-order valence-electron chi connectivity index (χ3n) is 3.92. The lowest BCUT2D eigenvalue weighted by molar-refractivity contribution is -0.118. The van der Waals surface area contributed by atoms with Crippen molar-refractivity contribution in [3.05, 3.63) is 12.1 Å². The van der Waals surface area contributed by atoms with E-state index in [4.69, 9.17) is 10.5 Å². The topological polar surface area (TPSA) is 83.7 Å². The molecule has 7 nitrogen and oxygen atoms in total. The normalized spacial score (nSPS) is 14.3. The Bertz CT molecular complexity index is 537. The fraction of sp³-hybridized carbons (Fsp3) is 0.684. The fourth-order valence-electron chi connectivity index (χ4n) is 2.84. The summed E-state index contributed by atoms with van der Waals surface area (Å²) in [5.74, 6) is 0.866. The monoisotopic (exact) mass is 369 g/mol. The molecular formula is C19H39N5O2. The number of amides is 1. The molecule has 1 amide bonds. The summed E-state index contributed by atoms with van der Waals surface area (Å²) >= 11 is 0. The van der Waals surface area contributed by atoms with Crippen LogP contribution < -0.4 is 16.0 Å². The van der Waals surface area contributed by atoms with Crippen molar-refractivity contribution in [2.24, 2.45) is 0 Å². The van der Waals surface area contributed by atoms with Gasteiger partial charge in [-0.2, -0.15) is 0 Å². The summed E-state index contributed by atoms with van der Waals surface area (Å²) in [7, 11) is 0. The summed E-state index contributed by atoms with van der Waals surface area (Å²) < 4.78 is 5.30. The molecule has 0 aromatic carbocycles. The number of nitrogens with two attached hydrogens (primary N) is 1. The van der Waals surface area contributed by atoms with Crippen LogP contribution in [0, 0.1) is 0 Å². The largest absolute Gasteiger partial charge is 0.384 e. The van der Waals surface area contributed by atoms with Gasteiger partial charge in [-0.25, -0.2) is 4.98 Å². The molecule has 26 heavy (non-hydrogen) atoms. The third-order valence-corrected chi connectivity index (χ3v) is 3.92. The van der Waals surface area contributed by atoms with Crippen molar-refractivity contribution in [2.45, 2.75) is 40.5 Å². The van der Waals surface area contributed by atoms with Crippen molar-refractivity contribution >= 4 is 23.2 Å². The lowest BCUT2D eigenvalue weighted by Crippen LogP contribution is -2.41. The molecule has 1 aliphatic heterocycles. The minimum absolute atomic E-state index is 0. The summed E-state index contributed by atoms with van der Waals surface area (Å²) in [5, 5.41) is 2.87. The van der Waals surface area contributed by atoms with Gasteiger partial charge in [0.25, 0.3) is 0 Å². The van der Waals surface area contributed by atoms with Gasteiger partial charge in [0.15, 0.2) is 0 Å². The molecule has 1 aromatic heterocycles. The van der Waals surface area contributed by atoms with Crippen LogP contribution in [0.3, 0.4) is 0 Å². The Balaban J connectivity index is 0. The van der Waals surface area contributed by atoms with Crippen molar-refractivity contribution in [3.8, 4) is 0 Å². The second kappa shape index (κ2) is 12.5. The molecule has 1 fully saturated rings. The summed E-state index contributed by atoms with van der Waals surface area (Å²) in [6, 6.07) is 3.77. The number of anilines is 3. The zero-order valence-corrected chi connectivity index (χ0v) is 16.8. The smallest absolute Gasteiger partial charge is 0.239 e. The summed E-state index contributed by atoms with van der Waals surface area (Å²) in [4.78, 5) is 20.8. The molecule has 0 unspecified atom stereocenters. The molecule has 2 heterocycles. The summed E-state index contributed by atoms with van der Waals surface area (Å²) in [6.45, 7) is 13.5. The maximum absolute atomic E-state index is 12.2. The van der Waals surface area contributed by atoms with Crippen LogP contribution in [0.1, 0.15) is 43.4 Å². The molecule has 0 radical (unpaired) electrons. The lowest BCUT2D eigenvalue weighted by atomic mass is 10.2. The zero-order chi connectivity index (χ0) is 19.4. The number of carbonyl (C=O) groups is 1. The average Bonchev–Trinajstić information content (AvgIpc) is 2.63. The van der Waals surface area contributed by atoms with Crippen molar-refractivity contribution in [3.63, 3.8) is 0 Å². The molecule has 152 valence electrons. The predicted molar refractivity (Wildman–Crippen MR) is 113 cm³/mol. The second-order valence-corrected chi connectivity index (χ2v) is 6.06. The molecular weight excluding hydrogens is 330 g/mol. The van der Waals surface area contributed by atoms with Crippen molar-refractivity contribution < 1.29 is 12.4 Å². The van der Waals surface area contributed by atoms with E-state index in [9.17, 15) is 4.79 Å². The highest BCUT2D eigenvalue weighted by Crippen LogP contribution is 2.21. The predicted octanol–water partition coefficient (Wildman–Crippen LogP) is 3.08. The van der Waals surface area contributed by atoms with Crippen LogP contribution in [-0.2, 0) is 9.53 Å². The number of hydrogen-bond acceptors (Lipinski definition) is 6. The highest BCUT2D eigenvalue weighted by atomic mass is 16.5. The molecule has 7 heteroatoms. The van der Waals surface area contributed by atoms with E-state index >= 15 is 0 Å². The Morgan fingerprint density at radius 3 is 2.46 bits per heavy atom. The second-order valence-electron chi connectivity index (χ2n) is 6.06. The molecule has 1 saturated heterocycles. The van der Waals surface area contributed by atoms with Crippen LogP contribution in [0.15, 0.2) is 12.1 Å². The number of nitrogens with one attached hydrogen (secondary N) is 1. The van der Waals surface area contributed by atoms with Crippen molar-refractivity contribution in [1.82, 2.24) is 9.88 Å². The maximum atomic E-state index is 12.2. The van der Waals surface area contributed by atoms with E-state index in [0.29, 0.717) is 31.4 Å². The van der Waals surface area contributed by atoms with Gasteiger partial charge >= 0.3 is 0 Å². The highest BCUT2D eigenvalue weighted by Gasteiger charge is 2.15. The first kappa shape index (κ1) is 22.2. The molecule has 3 N–H and O–H groups in total. The zero-order valence-electron chi connectivity index (χ0n) is 16.8. The first-order valence-electron chi connectivity index (χ1n) is 9.74. The molecule has 0 bridgehead atoms. The summed E-state index contributed by atoms with van der Waals surface area (Å²) in [6.07, 6.45) is 2.11. The number of carbonyl (C=O) groups excluding carboxylic acids is 1. The number of hydrogen-bond donors (Lipinski definition) is 2. The average molecular weight is 370 g/mol. The van der Waals surface area contributed by atoms with Gasteiger partial charge in [-0.05, 0) is 12.8 Å². The van der Waals surface area contributed by atoms with Gasteiger partial charge in [0.2, 0.25) is 5.91 Å². The Labute approximate surface area is 160 Å². The Kier molecular flexibility index (Phi) is 10.7. The van der Waals surface area contributed by atoms with E-state index in [1.165, 1.54) is 0 Å². The minimum Gasteiger partial charge on any atom is -0.384 e. The van der Waals surface area contributed by atoms with Crippen LogP contribution in [0.25, 0.3) is 0 Å². The standard InChI is InChI=1S/C17H29N5O2.C2H6.2H2/c1-3-5-22(6-4-2)14-11-15(18)19-16(12-14)20-17(23)13-21-7-9-24-10-8-21;1-2;;/h11-12H,3-10,13H2,1-2H3,(H3,18,19,20,23);1-2H3;2*1H. The van der Waals surface area contributed by atoms with Gasteiger partial charge in [0.1, 0.15) is 11.6 Å². The van der Waals surface area contributed by atoms with E-state index in [1.807, 2.05) is 26.0 Å². The molecule has 0 spiro atoms.